The predicted molar refractivity (Wildman–Crippen MR) is 64.6 cm³/mol. The Morgan fingerprint density at radius 2 is 1.94 bits per heavy atom. The van der Waals surface area contributed by atoms with Crippen LogP contribution < -0.4 is 4.74 Å². The van der Waals surface area contributed by atoms with E-state index < -0.39 is 0 Å². The van der Waals surface area contributed by atoms with Gasteiger partial charge in [0.1, 0.15) is 5.75 Å². The molecule has 0 aliphatic heterocycles. The Labute approximate surface area is 95.9 Å². The van der Waals surface area contributed by atoms with Crippen LogP contribution in [0.1, 0.15) is 30.9 Å². The molecular weight excluding hydrogens is 200 g/mol. The molecule has 0 unspecified atom stereocenters. The molecule has 0 fully saturated rings. The van der Waals surface area contributed by atoms with Crippen molar-refractivity contribution in [3.8, 4) is 5.75 Å². The summed E-state index contributed by atoms with van der Waals surface area (Å²) < 4.78 is 5.38. The van der Waals surface area contributed by atoms with Gasteiger partial charge in [0.05, 0.1) is 7.11 Å². The second kappa shape index (κ2) is 4.12. The van der Waals surface area contributed by atoms with Crippen LogP contribution in [-0.4, -0.2) is 12.9 Å². The van der Waals surface area contributed by atoms with E-state index in [1.807, 2.05) is 26.0 Å². The monoisotopic (exact) mass is 216 g/mol. The molecule has 0 atom stereocenters. The number of benzene rings is 1. The van der Waals surface area contributed by atoms with E-state index in [1.165, 1.54) is 5.56 Å². The molecule has 0 saturated heterocycles. The van der Waals surface area contributed by atoms with Crippen molar-refractivity contribution >= 4 is 11.4 Å². The number of carbonyl (C=O) groups excluding carboxylic acids is 1. The number of ether oxygens (including phenoxy) is 1. The summed E-state index contributed by atoms with van der Waals surface area (Å²) in [6, 6.07) is 6.12. The van der Waals surface area contributed by atoms with Crippen molar-refractivity contribution < 1.29 is 9.53 Å². The lowest BCUT2D eigenvalue weighted by Crippen LogP contribution is -1.93. The summed E-state index contributed by atoms with van der Waals surface area (Å²) in [5.41, 5.74) is 4.27. The summed E-state index contributed by atoms with van der Waals surface area (Å²) in [6.45, 7) is 3.94. The molecule has 1 aromatic carbocycles. The van der Waals surface area contributed by atoms with Crippen LogP contribution in [0.4, 0.5) is 0 Å². The lowest BCUT2D eigenvalue weighted by atomic mass is 10.00. The smallest absolute Gasteiger partial charge is 0.159 e. The van der Waals surface area contributed by atoms with E-state index in [2.05, 4.69) is 6.07 Å². The van der Waals surface area contributed by atoms with Crippen LogP contribution in [0.25, 0.3) is 5.57 Å². The van der Waals surface area contributed by atoms with E-state index in [4.69, 9.17) is 4.74 Å². The highest BCUT2D eigenvalue weighted by atomic mass is 16.5. The van der Waals surface area contributed by atoms with E-state index in [9.17, 15) is 4.79 Å². The Kier molecular flexibility index (Phi) is 2.82. The maximum Gasteiger partial charge on any atom is 0.159 e. The number of ketones is 1. The number of carbonyl (C=O) groups is 1. The number of hydrogen-bond donors (Lipinski definition) is 0. The fourth-order valence-electron chi connectivity index (χ4n) is 2.17. The zero-order valence-electron chi connectivity index (χ0n) is 9.96. The van der Waals surface area contributed by atoms with Gasteiger partial charge in [-0.25, -0.2) is 0 Å². The van der Waals surface area contributed by atoms with Crippen molar-refractivity contribution in [2.75, 3.05) is 7.11 Å². The minimum atomic E-state index is 0.262. The maximum absolute atomic E-state index is 11.5. The molecule has 84 valence electrons. The van der Waals surface area contributed by atoms with Crippen molar-refractivity contribution in [3.05, 3.63) is 34.9 Å². The van der Waals surface area contributed by atoms with Gasteiger partial charge in [0.25, 0.3) is 0 Å². The van der Waals surface area contributed by atoms with E-state index in [0.29, 0.717) is 6.42 Å². The van der Waals surface area contributed by atoms with Crippen LogP contribution in [-0.2, 0) is 4.79 Å². The molecule has 0 aromatic heterocycles. The number of allylic oxidation sites excluding steroid dienone is 2. The summed E-state index contributed by atoms with van der Waals surface area (Å²) >= 11 is 0. The van der Waals surface area contributed by atoms with Crippen molar-refractivity contribution in [1.29, 1.82) is 0 Å². The van der Waals surface area contributed by atoms with Gasteiger partial charge >= 0.3 is 0 Å². The fourth-order valence-corrected chi connectivity index (χ4v) is 2.17. The standard InChI is InChI=1S/C14H16O2/c1-9-4-5-12(14(8-9)16-3)11-6-7-13(15)10(11)2/h4-5,8H,6-7H2,1-3H3. The van der Waals surface area contributed by atoms with E-state index in [1.54, 1.807) is 7.11 Å². The summed E-state index contributed by atoms with van der Waals surface area (Å²) in [5.74, 6) is 1.13. The molecule has 0 amide bonds. The third-order valence-corrected chi connectivity index (χ3v) is 3.16. The Morgan fingerprint density at radius 3 is 2.50 bits per heavy atom. The van der Waals surface area contributed by atoms with E-state index in [-0.39, 0.29) is 5.78 Å². The number of rotatable bonds is 2. The average Bonchev–Trinajstić information content (AvgIpc) is 2.60. The molecule has 0 bridgehead atoms. The van der Waals surface area contributed by atoms with Gasteiger partial charge in [-0.05, 0) is 43.0 Å². The Hall–Kier alpha value is -1.57. The van der Waals surface area contributed by atoms with Gasteiger partial charge in [-0.1, -0.05) is 12.1 Å². The minimum absolute atomic E-state index is 0.262. The van der Waals surface area contributed by atoms with Gasteiger partial charge in [0.2, 0.25) is 0 Å². The molecule has 2 heteroatoms. The quantitative estimate of drug-likeness (QED) is 0.759. The highest BCUT2D eigenvalue weighted by Gasteiger charge is 2.22. The number of aryl methyl sites for hydroxylation is 1. The Morgan fingerprint density at radius 1 is 1.19 bits per heavy atom. The van der Waals surface area contributed by atoms with Crippen LogP contribution in [0, 0.1) is 6.92 Å². The van der Waals surface area contributed by atoms with Gasteiger partial charge in [-0.15, -0.1) is 0 Å². The van der Waals surface area contributed by atoms with Crippen LogP contribution in [0.5, 0.6) is 5.75 Å². The number of Topliss-reactive ketones (excluding diaryl/α,β-unsaturated/α-hetero) is 1. The van der Waals surface area contributed by atoms with Crippen molar-refractivity contribution in [1.82, 2.24) is 0 Å². The van der Waals surface area contributed by atoms with Gasteiger partial charge < -0.3 is 4.74 Å². The third kappa shape index (κ3) is 1.75. The lowest BCUT2D eigenvalue weighted by molar-refractivity contribution is -0.114. The molecule has 0 N–H and O–H groups in total. The first kappa shape index (κ1) is 10.9. The maximum atomic E-state index is 11.5. The van der Waals surface area contributed by atoms with Gasteiger partial charge in [0, 0.05) is 12.0 Å². The summed E-state index contributed by atoms with van der Waals surface area (Å²) in [7, 11) is 1.67. The van der Waals surface area contributed by atoms with E-state index in [0.717, 1.165) is 28.9 Å². The van der Waals surface area contributed by atoms with Crippen molar-refractivity contribution in [2.24, 2.45) is 0 Å². The summed E-state index contributed by atoms with van der Waals surface area (Å²) in [5, 5.41) is 0. The number of hydrogen-bond acceptors (Lipinski definition) is 2. The molecule has 16 heavy (non-hydrogen) atoms. The molecule has 2 rings (SSSR count). The second-order valence-corrected chi connectivity index (χ2v) is 4.23. The van der Waals surface area contributed by atoms with Crippen LogP contribution >= 0.6 is 0 Å². The first-order valence-corrected chi connectivity index (χ1v) is 5.51. The van der Waals surface area contributed by atoms with Gasteiger partial charge in [-0.2, -0.15) is 0 Å². The van der Waals surface area contributed by atoms with Crippen LogP contribution in [0.3, 0.4) is 0 Å². The summed E-state index contributed by atoms with van der Waals surface area (Å²) in [4.78, 5) is 11.5. The van der Waals surface area contributed by atoms with E-state index >= 15 is 0 Å². The third-order valence-electron chi connectivity index (χ3n) is 3.16. The lowest BCUT2D eigenvalue weighted by Gasteiger charge is -2.10. The van der Waals surface area contributed by atoms with Crippen molar-refractivity contribution in [2.45, 2.75) is 26.7 Å². The zero-order chi connectivity index (χ0) is 11.7. The molecule has 0 heterocycles. The van der Waals surface area contributed by atoms with Gasteiger partial charge in [0.15, 0.2) is 5.78 Å². The Bertz CT molecular complexity index is 470. The topological polar surface area (TPSA) is 26.3 Å². The van der Waals surface area contributed by atoms with Crippen LogP contribution in [0.15, 0.2) is 23.8 Å². The predicted octanol–water partition coefficient (Wildman–Crippen LogP) is 3.14. The molecule has 1 aliphatic rings. The summed E-state index contributed by atoms with van der Waals surface area (Å²) in [6.07, 6.45) is 1.47. The number of methoxy groups -OCH3 is 1. The Balaban J connectivity index is 2.52. The first-order valence-electron chi connectivity index (χ1n) is 5.51. The minimum Gasteiger partial charge on any atom is -0.496 e. The molecule has 1 aliphatic carbocycles. The zero-order valence-corrected chi connectivity index (χ0v) is 9.96. The SMILES string of the molecule is COc1cc(C)ccc1C1=C(C)C(=O)CC1. The van der Waals surface area contributed by atoms with Crippen molar-refractivity contribution in [3.63, 3.8) is 0 Å². The second-order valence-electron chi connectivity index (χ2n) is 4.23. The highest BCUT2D eigenvalue weighted by molar-refractivity contribution is 6.07. The molecule has 0 saturated carbocycles. The molecule has 0 spiro atoms. The molecule has 1 aromatic rings. The largest absolute Gasteiger partial charge is 0.496 e. The fraction of sp³-hybridized carbons (Fsp3) is 0.357. The first-order chi connectivity index (χ1) is 7.63. The average molecular weight is 216 g/mol. The molecule has 0 radical (unpaired) electrons. The highest BCUT2D eigenvalue weighted by Crippen LogP contribution is 2.36. The van der Waals surface area contributed by atoms with Crippen LogP contribution in [0.2, 0.25) is 0 Å². The normalized spacial score (nSPS) is 15.8. The molecule has 2 nitrogen and oxygen atoms in total. The molecular formula is C14H16O2. The van der Waals surface area contributed by atoms with Gasteiger partial charge in [-0.3, -0.25) is 4.79 Å².